The van der Waals surface area contributed by atoms with Gasteiger partial charge in [-0.1, -0.05) is 72.6 Å². The minimum absolute atomic E-state index is 0.957. The van der Waals surface area contributed by atoms with E-state index in [2.05, 4.69) is 27.7 Å². The molecule has 0 N–H and O–H groups in total. The zero-order chi connectivity index (χ0) is 10.1. The third-order valence-corrected chi connectivity index (χ3v) is 2.96. The third kappa shape index (κ3) is 8.33. The Kier molecular flexibility index (Phi) is 8.59. The van der Waals surface area contributed by atoms with Gasteiger partial charge < -0.3 is 0 Å². The Hall–Kier alpha value is 0. The first-order chi connectivity index (χ1) is 6.20. The molecule has 0 saturated carbocycles. The summed E-state index contributed by atoms with van der Waals surface area (Å²) in [4.78, 5) is 0. The lowest BCUT2D eigenvalue weighted by molar-refractivity contribution is 0.407. The summed E-state index contributed by atoms with van der Waals surface area (Å²) >= 11 is 0. The molecule has 13 heavy (non-hydrogen) atoms. The largest absolute Gasteiger partial charge is 0.0654 e. The lowest BCUT2D eigenvalue weighted by Crippen LogP contribution is -1.98. The summed E-state index contributed by atoms with van der Waals surface area (Å²) in [6, 6.07) is 0. The first-order valence-electron chi connectivity index (χ1n) is 6.20. The summed E-state index contributed by atoms with van der Waals surface area (Å²) in [5, 5.41) is 0. The first-order valence-corrected chi connectivity index (χ1v) is 6.20. The average molecular weight is 184 g/mol. The molecule has 0 saturated heterocycles. The van der Waals surface area contributed by atoms with E-state index in [0.717, 1.165) is 11.8 Å². The van der Waals surface area contributed by atoms with Crippen LogP contribution >= 0.6 is 0 Å². The van der Waals surface area contributed by atoms with Crippen LogP contribution in [0.4, 0.5) is 0 Å². The van der Waals surface area contributed by atoms with E-state index in [4.69, 9.17) is 0 Å². The first kappa shape index (κ1) is 13.0. The summed E-state index contributed by atoms with van der Waals surface area (Å²) in [6.07, 6.45) is 9.88. The summed E-state index contributed by atoms with van der Waals surface area (Å²) < 4.78 is 0. The minimum Gasteiger partial charge on any atom is -0.0654 e. The van der Waals surface area contributed by atoms with Gasteiger partial charge in [0, 0.05) is 0 Å². The Morgan fingerprint density at radius 1 is 0.692 bits per heavy atom. The van der Waals surface area contributed by atoms with E-state index in [1.807, 2.05) is 0 Å². The molecular weight excluding hydrogens is 156 g/mol. The fraction of sp³-hybridized carbons (Fsp3) is 1.00. The molecule has 80 valence electrons. The zero-order valence-corrected chi connectivity index (χ0v) is 10.1. The van der Waals surface area contributed by atoms with Gasteiger partial charge in [0.2, 0.25) is 0 Å². The molecule has 0 aromatic heterocycles. The summed E-state index contributed by atoms with van der Waals surface area (Å²) in [6.45, 7) is 9.37. The van der Waals surface area contributed by atoms with Crippen LogP contribution in [0.1, 0.15) is 72.6 Å². The van der Waals surface area contributed by atoms with Crippen molar-refractivity contribution in [2.45, 2.75) is 72.6 Å². The van der Waals surface area contributed by atoms with E-state index in [-0.39, 0.29) is 0 Å². The molecule has 0 aliphatic heterocycles. The Morgan fingerprint density at radius 2 is 1.08 bits per heavy atom. The second-order valence-electron chi connectivity index (χ2n) is 4.72. The van der Waals surface area contributed by atoms with Crippen molar-refractivity contribution in [3.63, 3.8) is 0 Å². The highest BCUT2D eigenvalue weighted by molar-refractivity contribution is 4.56. The molecule has 0 bridgehead atoms. The van der Waals surface area contributed by atoms with Crippen LogP contribution < -0.4 is 0 Å². The number of rotatable bonds is 8. The van der Waals surface area contributed by atoms with Gasteiger partial charge in [-0.05, 0) is 11.8 Å². The van der Waals surface area contributed by atoms with Crippen LogP contribution in [-0.2, 0) is 0 Å². The maximum Gasteiger partial charge on any atom is -0.0443 e. The maximum absolute atomic E-state index is 2.40. The topological polar surface area (TPSA) is 0 Å². The van der Waals surface area contributed by atoms with Crippen molar-refractivity contribution in [2.24, 2.45) is 11.8 Å². The highest BCUT2D eigenvalue weighted by Crippen LogP contribution is 2.18. The fourth-order valence-electron chi connectivity index (χ4n) is 2.09. The van der Waals surface area contributed by atoms with E-state index in [1.54, 1.807) is 0 Å². The summed E-state index contributed by atoms with van der Waals surface area (Å²) in [7, 11) is 0. The van der Waals surface area contributed by atoms with Gasteiger partial charge in [0.15, 0.2) is 0 Å². The van der Waals surface area contributed by atoms with Crippen LogP contribution in [0.2, 0.25) is 0 Å². The van der Waals surface area contributed by atoms with Crippen LogP contribution in [0.15, 0.2) is 0 Å². The molecule has 0 aromatic rings. The van der Waals surface area contributed by atoms with Gasteiger partial charge in [-0.2, -0.15) is 0 Å². The normalized spacial score (nSPS) is 15.7. The van der Waals surface area contributed by atoms with Gasteiger partial charge in [0.05, 0.1) is 0 Å². The second-order valence-corrected chi connectivity index (χ2v) is 4.72. The van der Waals surface area contributed by atoms with Crippen LogP contribution in [0.25, 0.3) is 0 Å². The molecule has 2 atom stereocenters. The van der Waals surface area contributed by atoms with E-state index in [9.17, 15) is 0 Å². The maximum atomic E-state index is 2.40. The molecule has 0 aliphatic carbocycles. The predicted molar refractivity (Wildman–Crippen MR) is 62.0 cm³/mol. The van der Waals surface area contributed by atoms with Crippen LogP contribution in [0.5, 0.6) is 0 Å². The Bertz CT molecular complexity index is 84.2. The van der Waals surface area contributed by atoms with Gasteiger partial charge in [-0.15, -0.1) is 0 Å². The quantitative estimate of drug-likeness (QED) is 0.496. The summed E-state index contributed by atoms with van der Waals surface area (Å²) in [5.74, 6) is 1.91. The van der Waals surface area contributed by atoms with Crippen molar-refractivity contribution in [1.82, 2.24) is 0 Å². The van der Waals surface area contributed by atoms with Crippen LogP contribution in [0.3, 0.4) is 0 Å². The molecular formula is C13H28. The molecule has 0 radical (unpaired) electrons. The van der Waals surface area contributed by atoms with Gasteiger partial charge >= 0.3 is 0 Å². The van der Waals surface area contributed by atoms with Gasteiger partial charge in [0.1, 0.15) is 0 Å². The molecule has 0 fully saturated rings. The lowest BCUT2D eigenvalue weighted by atomic mass is 9.94. The Labute approximate surface area is 85.1 Å². The van der Waals surface area contributed by atoms with E-state index >= 15 is 0 Å². The molecule has 0 amide bonds. The van der Waals surface area contributed by atoms with E-state index < -0.39 is 0 Å². The standard InChI is InChI=1S/C13H28/c1-5-8-12(3)10-7-11-13(4)9-6-2/h12-13H,5-11H2,1-4H3. The molecule has 0 aromatic carbocycles. The lowest BCUT2D eigenvalue weighted by Gasteiger charge is -2.12. The number of hydrogen-bond donors (Lipinski definition) is 0. The average Bonchev–Trinajstić information content (AvgIpc) is 2.05. The summed E-state index contributed by atoms with van der Waals surface area (Å²) in [5.41, 5.74) is 0. The van der Waals surface area contributed by atoms with Crippen LogP contribution in [-0.4, -0.2) is 0 Å². The van der Waals surface area contributed by atoms with Crippen molar-refractivity contribution in [2.75, 3.05) is 0 Å². The van der Waals surface area contributed by atoms with Gasteiger partial charge in [0.25, 0.3) is 0 Å². The van der Waals surface area contributed by atoms with Crippen molar-refractivity contribution >= 4 is 0 Å². The smallest absolute Gasteiger partial charge is 0.0443 e. The highest BCUT2D eigenvalue weighted by Gasteiger charge is 2.03. The Morgan fingerprint density at radius 3 is 1.38 bits per heavy atom. The van der Waals surface area contributed by atoms with Crippen molar-refractivity contribution in [3.8, 4) is 0 Å². The monoisotopic (exact) mass is 184 g/mol. The second kappa shape index (κ2) is 8.59. The van der Waals surface area contributed by atoms with E-state index in [1.165, 1.54) is 44.9 Å². The third-order valence-electron chi connectivity index (χ3n) is 2.96. The highest BCUT2D eigenvalue weighted by atomic mass is 14.1. The molecule has 0 aliphatic rings. The van der Waals surface area contributed by atoms with E-state index in [0.29, 0.717) is 0 Å². The predicted octanol–water partition coefficient (Wildman–Crippen LogP) is 5.03. The van der Waals surface area contributed by atoms with Gasteiger partial charge in [-0.3, -0.25) is 0 Å². The molecule has 0 nitrogen and oxygen atoms in total. The molecule has 0 heterocycles. The van der Waals surface area contributed by atoms with Crippen molar-refractivity contribution in [1.29, 1.82) is 0 Å². The fourth-order valence-corrected chi connectivity index (χ4v) is 2.09. The Balaban J connectivity index is 3.23. The zero-order valence-electron chi connectivity index (χ0n) is 10.1. The number of hydrogen-bond acceptors (Lipinski definition) is 0. The van der Waals surface area contributed by atoms with Crippen molar-refractivity contribution in [3.05, 3.63) is 0 Å². The van der Waals surface area contributed by atoms with Crippen molar-refractivity contribution < 1.29 is 0 Å². The molecule has 0 rings (SSSR count). The van der Waals surface area contributed by atoms with Gasteiger partial charge in [-0.25, -0.2) is 0 Å². The molecule has 0 heteroatoms. The molecule has 2 unspecified atom stereocenters. The van der Waals surface area contributed by atoms with Crippen LogP contribution in [0, 0.1) is 11.8 Å². The SMILES string of the molecule is CCCC(C)CCCC(C)CCC. The minimum atomic E-state index is 0.957. The molecule has 0 spiro atoms.